The van der Waals surface area contributed by atoms with Crippen LogP contribution in [-0.4, -0.2) is 6.04 Å². The molecule has 0 bridgehead atoms. The zero-order chi connectivity index (χ0) is 11.3. The molecule has 84 valence electrons. The lowest BCUT2D eigenvalue weighted by Crippen LogP contribution is -2.30. The maximum Gasteiger partial charge on any atom is 0.0294 e. The van der Waals surface area contributed by atoms with Crippen LogP contribution in [0.2, 0.25) is 0 Å². The third-order valence-corrected chi connectivity index (χ3v) is 3.01. The van der Waals surface area contributed by atoms with Crippen molar-refractivity contribution >= 4 is 0 Å². The minimum atomic E-state index is 0.454. The van der Waals surface area contributed by atoms with Gasteiger partial charge in [0.25, 0.3) is 0 Å². The van der Waals surface area contributed by atoms with Crippen LogP contribution >= 0.6 is 0 Å². The molecule has 1 heteroatoms. The Morgan fingerprint density at radius 1 is 1.20 bits per heavy atom. The van der Waals surface area contributed by atoms with Crippen molar-refractivity contribution in [2.75, 3.05) is 0 Å². The van der Waals surface area contributed by atoms with Crippen molar-refractivity contribution in [3.63, 3.8) is 0 Å². The molecule has 0 fully saturated rings. The molecule has 0 saturated heterocycles. The number of rotatable bonds is 5. The van der Waals surface area contributed by atoms with Crippen molar-refractivity contribution in [1.29, 1.82) is 0 Å². The SMILES string of the molecule is CCC(CC)N[C@@H](C)c1cccc(C)c1. The topological polar surface area (TPSA) is 12.0 Å². The Morgan fingerprint density at radius 2 is 1.87 bits per heavy atom. The Hall–Kier alpha value is -0.820. The van der Waals surface area contributed by atoms with E-state index in [1.165, 1.54) is 24.0 Å². The lowest BCUT2D eigenvalue weighted by molar-refractivity contribution is 0.432. The van der Waals surface area contributed by atoms with E-state index >= 15 is 0 Å². The average Bonchev–Trinajstić information content (AvgIpc) is 2.25. The van der Waals surface area contributed by atoms with Gasteiger partial charge < -0.3 is 5.32 Å². The molecule has 0 spiro atoms. The zero-order valence-electron chi connectivity index (χ0n) is 10.4. The number of benzene rings is 1. The molecule has 0 unspecified atom stereocenters. The highest BCUT2D eigenvalue weighted by molar-refractivity contribution is 5.24. The largest absolute Gasteiger partial charge is 0.307 e. The Labute approximate surface area is 93.9 Å². The first kappa shape index (κ1) is 12.3. The van der Waals surface area contributed by atoms with E-state index in [4.69, 9.17) is 0 Å². The maximum atomic E-state index is 3.66. The molecule has 0 heterocycles. The average molecular weight is 205 g/mol. The second-order valence-corrected chi connectivity index (χ2v) is 4.32. The normalized spacial score (nSPS) is 13.1. The van der Waals surface area contributed by atoms with Crippen LogP contribution in [0.3, 0.4) is 0 Å². The van der Waals surface area contributed by atoms with Crippen molar-refractivity contribution < 1.29 is 0 Å². The molecule has 1 aromatic rings. The van der Waals surface area contributed by atoms with E-state index in [0.29, 0.717) is 12.1 Å². The molecule has 0 aromatic heterocycles. The van der Waals surface area contributed by atoms with Gasteiger partial charge in [-0.15, -0.1) is 0 Å². The number of hydrogen-bond acceptors (Lipinski definition) is 1. The summed E-state index contributed by atoms with van der Waals surface area (Å²) in [6, 6.07) is 9.84. The van der Waals surface area contributed by atoms with Gasteiger partial charge in [0.05, 0.1) is 0 Å². The van der Waals surface area contributed by atoms with Gasteiger partial charge in [0.15, 0.2) is 0 Å². The first-order chi connectivity index (χ1) is 7.17. The third kappa shape index (κ3) is 3.67. The Kier molecular flexibility index (Phi) is 4.83. The molecule has 0 aliphatic heterocycles. The van der Waals surface area contributed by atoms with Gasteiger partial charge in [-0.2, -0.15) is 0 Å². The molecule has 0 radical (unpaired) electrons. The van der Waals surface area contributed by atoms with Gasteiger partial charge in [0.2, 0.25) is 0 Å². The van der Waals surface area contributed by atoms with Crippen LogP contribution < -0.4 is 5.32 Å². The van der Waals surface area contributed by atoms with Crippen LogP contribution in [0.15, 0.2) is 24.3 Å². The van der Waals surface area contributed by atoms with Crippen molar-refractivity contribution in [3.8, 4) is 0 Å². The first-order valence-corrected chi connectivity index (χ1v) is 6.00. The van der Waals surface area contributed by atoms with E-state index in [9.17, 15) is 0 Å². The van der Waals surface area contributed by atoms with Crippen LogP contribution in [0.4, 0.5) is 0 Å². The minimum absolute atomic E-state index is 0.454. The predicted octanol–water partition coefficient (Wildman–Crippen LogP) is 3.83. The molecular formula is C14H23N. The van der Waals surface area contributed by atoms with Crippen LogP contribution in [0, 0.1) is 6.92 Å². The Bertz CT molecular complexity index is 289. The van der Waals surface area contributed by atoms with Gasteiger partial charge in [-0.3, -0.25) is 0 Å². The van der Waals surface area contributed by atoms with Crippen LogP contribution in [0.1, 0.15) is 50.8 Å². The molecule has 1 N–H and O–H groups in total. The summed E-state index contributed by atoms with van der Waals surface area (Å²) in [5, 5.41) is 3.66. The van der Waals surface area contributed by atoms with E-state index in [-0.39, 0.29) is 0 Å². The smallest absolute Gasteiger partial charge is 0.0294 e. The summed E-state index contributed by atoms with van der Waals surface area (Å²) in [7, 11) is 0. The number of hydrogen-bond donors (Lipinski definition) is 1. The molecule has 1 rings (SSSR count). The van der Waals surface area contributed by atoms with Gasteiger partial charge in [-0.25, -0.2) is 0 Å². The molecule has 1 atom stereocenters. The van der Waals surface area contributed by atoms with Crippen LogP contribution in [0.25, 0.3) is 0 Å². The fraction of sp³-hybridized carbons (Fsp3) is 0.571. The molecular weight excluding hydrogens is 182 g/mol. The van der Waals surface area contributed by atoms with Gasteiger partial charge in [0, 0.05) is 12.1 Å². The predicted molar refractivity (Wildman–Crippen MR) is 67.1 cm³/mol. The standard InChI is InChI=1S/C14H23N/c1-5-14(6-2)15-12(4)13-9-7-8-11(3)10-13/h7-10,12,14-15H,5-6H2,1-4H3/t12-/m0/s1. The summed E-state index contributed by atoms with van der Waals surface area (Å²) in [6.45, 7) is 8.87. The highest BCUT2D eigenvalue weighted by atomic mass is 14.9. The second kappa shape index (κ2) is 5.92. The first-order valence-electron chi connectivity index (χ1n) is 6.00. The van der Waals surface area contributed by atoms with E-state index < -0.39 is 0 Å². The second-order valence-electron chi connectivity index (χ2n) is 4.32. The minimum Gasteiger partial charge on any atom is -0.307 e. The fourth-order valence-electron chi connectivity index (χ4n) is 1.91. The van der Waals surface area contributed by atoms with Crippen LogP contribution in [0.5, 0.6) is 0 Å². The quantitative estimate of drug-likeness (QED) is 0.770. The molecule has 0 saturated carbocycles. The van der Waals surface area contributed by atoms with E-state index in [1.54, 1.807) is 0 Å². The summed E-state index contributed by atoms with van der Waals surface area (Å²) < 4.78 is 0. The summed E-state index contributed by atoms with van der Waals surface area (Å²) in [5.74, 6) is 0. The van der Waals surface area contributed by atoms with Gasteiger partial charge in [-0.1, -0.05) is 43.7 Å². The van der Waals surface area contributed by atoms with E-state index in [2.05, 4.69) is 57.3 Å². The highest BCUT2D eigenvalue weighted by Gasteiger charge is 2.09. The van der Waals surface area contributed by atoms with E-state index in [0.717, 1.165) is 0 Å². The highest BCUT2D eigenvalue weighted by Crippen LogP contribution is 2.15. The summed E-state index contributed by atoms with van der Waals surface area (Å²) in [5.41, 5.74) is 2.73. The van der Waals surface area contributed by atoms with Gasteiger partial charge in [-0.05, 0) is 32.3 Å². The van der Waals surface area contributed by atoms with Gasteiger partial charge >= 0.3 is 0 Å². The molecule has 0 amide bonds. The van der Waals surface area contributed by atoms with Gasteiger partial charge in [0.1, 0.15) is 0 Å². The lowest BCUT2D eigenvalue weighted by Gasteiger charge is -2.21. The summed E-state index contributed by atoms with van der Waals surface area (Å²) >= 11 is 0. The molecule has 0 aliphatic carbocycles. The monoisotopic (exact) mass is 205 g/mol. The molecule has 15 heavy (non-hydrogen) atoms. The lowest BCUT2D eigenvalue weighted by atomic mass is 10.0. The summed E-state index contributed by atoms with van der Waals surface area (Å²) in [4.78, 5) is 0. The zero-order valence-corrected chi connectivity index (χ0v) is 10.4. The third-order valence-electron chi connectivity index (χ3n) is 3.01. The van der Waals surface area contributed by atoms with Crippen molar-refractivity contribution in [3.05, 3.63) is 35.4 Å². The Balaban J connectivity index is 2.64. The fourth-order valence-corrected chi connectivity index (χ4v) is 1.91. The van der Waals surface area contributed by atoms with Crippen molar-refractivity contribution in [2.45, 2.75) is 52.6 Å². The van der Waals surface area contributed by atoms with Crippen LogP contribution in [-0.2, 0) is 0 Å². The molecule has 0 aliphatic rings. The number of nitrogens with one attached hydrogen (secondary N) is 1. The Morgan fingerprint density at radius 3 is 2.40 bits per heavy atom. The van der Waals surface area contributed by atoms with Crippen molar-refractivity contribution in [2.24, 2.45) is 0 Å². The van der Waals surface area contributed by atoms with Crippen molar-refractivity contribution in [1.82, 2.24) is 5.32 Å². The maximum absolute atomic E-state index is 3.66. The number of aryl methyl sites for hydroxylation is 1. The molecule has 1 aromatic carbocycles. The van der Waals surface area contributed by atoms with E-state index in [1.807, 2.05) is 0 Å². The molecule has 1 nitrogen and oxygen atoms in total. The summed E-state index contributed by atoms with van der Waals surface area (Å²) in [6.07, 6.45) is 2.40.